The van der Waals surface area contributed by atoms with E-state index in [0.717, 1.165) is 5.56 Å². The van der Waals surface area contributed by atoms with Crippen LogP contribution in [0.15, 0.2) is 18.2 Å². The molecule has 1 aliphatic rings. The van der Waals surface area contributed by atoms with Crippen LogP contribution in [0.4, 0.5) is 0 Å². The van der Waals surface area contributed by atoms with Gasteiger partial charge in [0.15, 0.2) is 11.5 Å². The van der Waals surface area contributed by atoms with Gasteiger partial charge in [-0.05, 0) is 38.5 Å². The summed E-state index contributed by atoms with van der Waals surface area (Å²) in [6.45, 7) is 6.36. The molecular weight excluding hydrogens is 286 g/mol. The molecule has 0 saturated heterocycles. The van der Waals surface area contributed by atoms with Crippen molar-refractivity contribution in [2.45, 2.75) is 26.2 Å². The summed E-state index contributed by atoms with van der Waals surface area (Å²) in [7, 11) is 0. The Kier molecular flexibility index (Phi) is 4.59. The van der Waals surface area contributed by atoms with Crippen LogP contribution < -0.4 is 9.47 Å². The Bertz CT molecular complexity index is 582. The molecule has 0 radical (unpaired) electrons. The van der Waals surface area contributed by atoms with Gasteiger partial charge in [-0.3, -0.25) is 9.59 Å². The smallest absolute Gasteiger partial charge is 0.323 e. The van der Waals surface area contributed by atoms with E-state index < -0.39 is 11.4 Å². The molecule has 1 N–H and O–H groups in total. The molecule has 0 aromatic heterocycles. The van der Waals surface area contributed by atoms with Gasteiger partial charge in [0.1, 0.15) is 19.8 Å². The molecule has 0 fully saturated rings. The first-order chi connectivity index (χ1) is 10.4. The Morgan fingerprint density at radius 2 is 1.86 bits per heavy atom. The van der Waals surface area contributed by atoms with Crippen molar-refractivity contribution in [1.82, 2.24) is 4.90 Å². The van der Waals surface area contributed by atoms with E-state index in [2.05, 4.69) is 0 Å². The van der Waals surface area contributed by atoms with Crippen LogP contribution in [0.2, 0.25) is 0 Å². The van der Waals surface area contributed by atoms with Gasteiger partial charge < -0.3 is 19.5 Å². The highest BCUT2D eigenvalue weighted by Gasteiger charge is 2.35. The molecule has 120 valence electrons. The van der Waals surface area contributed by atoms with Gasteiger partial charge in [0.05, 0.1) is 5.41 Å². The first-order valence-corrected chi connectivity index (χ1v) is 7.27. The molecule has 1 heterocycles. The summed E-state index contributed by atoms with van der Waals surface area (Å²) in [5, 5.41) is 8.93. The molecule has 0 aliphatic carbocycles. The molecule has 0 spiro atoms. The summed E-state index contributed by atoms with van der Waals surface area (Å²) in [6, 6.07) is 5.40. The zero-order chi connectivity index (χ0) is 16.3. The van der Waals surface area contributed by atoms with Gasteiger partial charge in [-0.25, -0.2) is 0 Å². The maximum absolute atomic E-state index is 12.7. The van der Waals surface area contributed by atoms with Crippen molar-refractivity contribution >= 4 is 11.9 Å². The summed E-state index contributed by atoms with van der Waals surface area (Å²) in [4.78, 5) is 24.9. The molecule has 0 saturated carbocycles. The van der Waals surface area contributed by atoms with Crippen molar-refractivity contribution in [1.29, 1.82) is 0 Å². The lowest BCUT2D eigenvalue weighted by molar-refractivity contribution is -0.146. The maximum Gasteiger partial charge on any atom is 0.323 e. The Hall–Kier alpha value is -2.24. The van der Waals surface area contributed by atoms with Crippen molar-refractivity contribution < 1.29 is 24.2 Å². The third kappa shape index (κ3) is 3.16. The number of hydrogen-bond acceptors (Lipinski definition) is 4. The van der Waals surface area contributed by atoms with E-state index in [1.165, 1.54) is 4.90 Å². The first-order valence-electron chi connectivity index (χ1n) is 7.27. The van der Waals surface area contributed by atoms with E-state index in [1.54, 1.807) is 32.9 Å². The number of rotatable bonds is 5. The molecular formula is C16H21NO5. The van der Waals surface area contributed by atoms with Crippen molar-refractivity contribution in [2.75, 3.05) is 26.3 Å². The minimum atomic E-state index is -1.02. The fourth-order valence-electron chi connectivity index (χ4n) is 2.44. The van der Waals surface area contributed by atoms with Crippen LogP contribution in [0.25, 0.3) is 0 Å². The van der Waals surface area contributed by atoms with Gasteiger partial charge in [-0.15, -0.1) is 0 Å². The second-order valence-corrected chi connectivity index (χ2v) is 5.70. The molecule has 6 nitrogen and oxygen atoms in total. The predicted molar refractivity (Wildman–Crippen MR) is 80.3 cm³/mol. The van der Waals surface area contributed by atoms with E-state index in [-0.39, 0.29) is 12.5 Å². The largest absolute Gasteiger partial charge is 0.486 e. The van der Waals surface area contributed by atoms with Crippen LogP contribution in [0.5, 0.6) is 11.5 Å². The molecule has 1 aromatic carbocycles. The normalized spacial score (nSPS) is 13.6. The number of hydrogen-bond donors (Lipinski definition) is 1. The van der Waals surface area contributed by atoms with E-state index in [4.69, 9.17) is 14.6 Å². The van der Waals surface area contributed by atoms with E-state index >= 15 is 0 Å². The monoisotopic (exact) mass is 307 g/mol. The standard InChI is InChI=1S/C16H21NO5/c1-4-17(10-14(18)19)15(20)16(2,3)11-5-6-12-13(9-11)22-8-7-21-12/h5-6,9H,4,7-8,10H2,1-3H3,(H,18,19). The van der Waals surface area contributed by atoms with E-state index in [1.807, 2.05) is 6.07 Å². The van der Waals surface area contributed by atoms with Gasteiger partial charge >= 0.3 is 5.97 Å². The zero-order valence-electron chi connectivity index (χ0n) is 13.1. The number of carbonyl (C=O) groups is 2. The lowest BCUT2D eigenvalue weighted by atomic mass is 9.83. The SMILES string of the molecule is CCN(CC(=O)O)C(=O)C(C)(C)c1ccc2c(c1)OCCO2. The molecule has 0 unspecified atom stereocenters. The predicted octanol–water partition coefficient (Wildman–Crippen LogP) is 1.67. The van der Waals surface area contributed by atoms with E-state index in [9.17, 15) is 9.59 Å². The fraction of sp³-hybridized carbons (Fsp3) is 0.500. The fourth-order valence-corrected chi connectivity index (χ4v) is 2.44. The molecule has 1 aliphatic heterocycles. The Labute approximate surface area is 129 Å². The minimum absolute atomic E-state index is 0.228. The summed E-state index contributed by atoms with van der Waals surface area (Å²) in [5.74, 6) is 0.0318. The van der Waals surface area contributed by atoms with Crippen LogP contribution in [0.3, 0.4) is 0 Å². The Balaban J connectivity index is 2.28. The van der Waals surface area contributed by atoms with Gasteiger partial charge in [0.2, 0.25) is 5.91 Å². The number of likely N-dealkylation sites (N-methyl/N-ethyl adjacent to an activating group) is 1. The number of ether oxygens (including phenoxy) is 2. The highest BCUT2D eigenvalue weighted by atomic mass is 16.6. The molecule has 1 amide bonds. The average Bonchev–Trinajstić information content (AvgIpc) is 2.51. The van der Waals surface area contributed by atoms with Crippen molar-refractivity contribution in [2.24, 2.45) is 0 Å². The third-order valence-corrected chi connectivity index (χ3v) is 3.79. The molecule has 1 aromatic rings. The van der Waals surface area contributed by atoms with Gasteiger partial charge in [-0.2, -0.15) is 0 Å². The number of carboxylic acids is 1. The van der Waals surface area contributed by atoms with E-state index in [0.29, 0.717) is 31.3 Å². The number of amides is 1. The molecule has 2 rings (SSSR count). The average molecular weight is 307 g/mol. The number of carbonyl (C=O) groups excluding carboxylic acids is 1. The second-order valence-electron chi connectivity index (χ2n) is 5.70. The highest BCUT2D eigenvalue weighted by Crippen LogP contribution is 2.35. The van der Waals surface area contributed by atoms with Gasteiger partial charge in [0, 0.05) is 6.54 Å². The van der Waals surface area contributed by atoms with Gasteiger partial charge in [0.25, 0.3) is 0 Å². The number of nitrogens with zero attached hydrogens (tertiary/aromatic N) is 1. The maximum atomic E-state index is 12.7. The number of fused-ring (bicyclic) bond motifs is 1. The van der Waals surface area contributed by atoms with Crippen molar-refractivity contribution in [3.05, 3.63) is 23.8 Å². The Morgan fingerprint density at radius 1 is 1.23 bits per heavy atom. The van der Waals surface area contributed by atoms with Crippen LogP contribution in [0, 0.1) is 0 Å². The summed E-state index contributed by atoms with van der Waals surface area (Å²) >= 11 is 0. The quantitative estimate of drug-likeness (QED) is 0.895. The van der Waals surface area contributed by atoms with Crippen LogP contribution >= 0.6 is 0 Å². The summed E-state index contributed by atoms with van der Waals surface area (Å²) < 4.78 is 11.0. The minimum Gasteiger partial charge on any atom is -0.486 e. The molecule has 22 heavy (non-hydrogen) atoms. The third-order valence-electron chi connectivity index (χ3n) is 3.79. The second kappa shape index (κ2) is 6.25. The zero-order valence-corrected chi connectivity index (χ0v) is 13.1. The van der Waals surface area contributed by atoms with Crippen LogP contribution in [0.1, 0.15) is 26.3 Å². The van der Waals surface area contributed by atoms with Crippen LogP contribution in [-0.4, -0.2) is 48.2 Å². The van der Waals surface area contributed by atoms with Crippen molar-refractivity contribution in [3.8, 4) is 11.5 Å². The first kappa shape index (κ1) is 16.1. The number of benzene rings is 1. The van der Waals surface area contributed by atoms with Gasteiger partial charge in [-0.1, -0.05) is 6.07 Å². The lowest BCUT2D eigenvalue weighted by Crippen LogP contribution is -2.45. The van der Waals surface area contributed by atoms with Crippen molar-refractivity contribution in [3.63, 3.8) is 0 Å². The topological polar surface area (TPSA) is 76.1 Å². The lowest BCUT2D eigenvalue weighted by Gasteiger charge is -2.31. The highest BCUT2D eigenvalue weighted by molar-refractivity contribution is 5.90. The molecule has 6 heteroatoms. The number of aliphatic carboxylic acids is 1. The molecule has 0 bridgehead atoms. The summed E-state index contributed by atoms with van der Waals surface area (Å²) in [5.41, 5.74) is -0.0769. The Morgan fingerprint density at radius 3 is 2.45 bits per heavy atom. The number of carboxylic acid groups (broad SMARTS) is 1. The van der Waals surface area contributed by atoms with Crippen LogP contribution in [-0.2, 0) is 15.0 Å². The summed E-state index contributed by atoms with van der Waals surface area (Å²) in [6.07, 6.45) is 0. The molecule has 0 atom stereocenters.